The molecule has 0 amide bonds. The summed E-state index contributed by atoms with van der Waals surface area (Å²) >= 11 is 1.08. The Balaban J connectivity index is 2.08. The summed E-state index contributed by atoms with van der Waals surface area (Å²) in [6.45, 7) is 2.42. The molecule has 21 heavy (non-hydrogen) atoms. The fraction of sp³-hybridized carbons (Fsp3) is 0.385. The summed E-state index contributed by atoms with van der Waals surface area (Å²) < 4.78 is 28.4. The molecule has 0 aliphatic rings. The van der Waals surface area contributed by atoms with E-state index in [0.717, 1.165) is 23.5 Å². The number of nitrogens with one attached hydrogen (secondary N) is 1. The topological polar surface area (TPSA) is 98.0 Å². The minimum atomic E-state index is -3.38. The van der Waals surface area contributed by atoms with Gasteiger partial charge >= 0.3 is 0 Å². The number of nitrogens with two attached hydrogens (primary N) is 1. The van der Waals surface area contributed by atoms with Gasteiger partial charge in [-0.05, 0) is 36.0 Å². The first kappa shape index (κ1) is 15.7. The molecule has 0 saturated carbocycles. The first-order chi connectivity index (χ1) is 10.0. The Labute approximate surface area is 128 Å². The summed E-state index contributed by atoms with van der Waals surface area (Å²) in [6.07, 6.45) is 4.80. The molecule has 0 unspecified atom stereocenters. The molecule has 2 heterocycles. The van der Waals surface area contributed by atoms with Crippen LogP contribution in [0, 0.1) is 0 Å². The summed E-state index contributed by atoms with van der Waals surface area (Å²) in [7, 11) is -3.38. The summed E-state index contributed by atoms with van der Waals surface area (Å²) in [5.41, 5.74) is 6.79. The molecule has 8 heteroatoms. The van der Waals surface area contributed by atoms with Crippen molar-refractivity contribution in [3.8, 4) is 0 Å². The lowest BCUT2D eigenvalue weighted by molar-refractivity contribution is 0.595. The van der Waals surface area contributed by atoms with Gasteiger partial charge in [0.1, 0.15) is 9.90 Å². The number of rotatable bonds is 7. The molecule has 0 radical (unpaired) electrons. The van der Waals surface area contributed by atoms with Gasteiger partial charge in [-0.15, -0.1) is 0 Å². The van der Waals surface area contributed by atoms with Gasteiger partial charge in [0.15, 0.2) is 15.7 Å². The van der Waals surface area contributed by atoms with Crippen molar-refractivity contribution < 1.29 is 8.42 Å². The molecular formula is C13H18N4O2S2. The molecule has 114 valence electrons. The minimum Gasteiger partial charge on any atom is -0.382 e. The van der Waals surface area contributed by atoms with Gasteiger partial charge in [-0.25, -0.2) is 8.42 Å². The maximum Gasteiger partial charge on any atom is 0.185 e. The van der Waals surface area contributed by atoms with Crippen LogP contribution in [0.3, 0.4) is 0 Å². The van der Waals surface area contributed by atoms with Crippen LogP contribution in [-0.2, 0) is 16.3 Å². The van der Waals surface area contributed by atoms with E-state index >= 15 is 0 Å². The van der Waals surface area contributed by atoms with Crippen molar-refractivity contribution in [3.05, 3.63) is 30.1 Å². The highest BCUT2D eigenvalue weighted by Gasteiger charge is 2.24. The standard InChI is InChI=1S/C13H18N4O2S2/c1-2-8-21(18,19)11-12(14)17-20-13(11)16-7-5-10-4-3-6-15-9-10/h3-4,6,9,16H,2,5,7-8H2,1H3,(H2,14,17). The lowest BCUT2D eigenvalue weighted by Gasteiger charge is -2.07. The molecule has 0 bridgehead atoms. The van der Waals surface area contributed by atoms with Crippen molar-refractivity contribution in [1.82, 2.24) is 9.36 Å². The number of aromatic nitrogens is 2. The molecular weight excluding hydrogens is 308 g/mol. The highest BCUT2D eigenvalue weighted by Crippen LogP contribution is 2.32. The molecule has 0 saturated heterocycles. The van der Waals surface area contributed by atoms with E-state index in [1.807, 2.05) is 19.1 Å². The van der Waals surface area contributed by atoms with Crippen LogP contribution in [0.5, 0.6) is 0 Å². The number of hydrogen-bond donors (Lipinski definition) is 2. The smallest absolute Gasteiger partial charge is 0.185 e. The van der Waals surface area contributed by atoms with Crippen molar-refractivity contribution in [1.29, 1.82) is 0 Å². The van der Waals surface area contributed by atoms with Gasteiger partial charge in [0.2, 0.25) is 0 Å². The zero-order valence-electron chi connectivity index (χ0n) is 11.7. The van der Waals surface area contributed by atoms with E-state index in [1.54, 1.807) is 12.4 Å². The Hall–Kier alpha value is -1.67. The summed E-state index contributed by atoms with van der Waals surface area (Å²) in [4.78, 5) is 4.18. The second-order valence-corrected chi connectivity index (χ2v) is 7.40. The van der Waals surface area contributed by atoms with Gasteiger partial charge in [-0.1, -0.05) is 13.0 Å². The summed E-state index contributed by atoms with van der Waals surface area (Å²) in [6, 6.07) is 3.85. The van der Waals surface area contributed by atoms with Crippen LogP contribution in [0.4, 0.5) is 10.8 Å². The lowest BCUT2D eigenvalue weighted by Crippen LogP contribution is -2.12. The molecule has 0 aliphatic heterocycles. The van der Waals surface area contributed by atoms with Crippen molar-refractivity contribution in [3.63, 3.8) is 0 Å². The van der Waals surface area contributed by atoms with Crippen LogP contribution < -0.4 is 11.1 Å². The van der Waals surface area contributed by atoms with Crippen molar-refractivity contribution in [2.24, 2.45) is 0 Å². The van der Waals surface area contributed by atoms with Crippen LogP contribution in [0.2, 0.25) is 0 Å². The third kappa shape index (κ3) is 3.92. The van der Waals surface area contributed by atoms with Crippen LogP contribution in [0.25, 0.3) is 0 Å². The molecule has 0 aliphatic carbocycles. The van der Waals surface area contributed by atoms with Crippen LogP contribution >= 0.6 is 11.5 Å². The molecule has 3 N–H and O–H groups in total. The highest BCUT2D eigenvalue weighted by atomic mass is 32.2. The second kappa shape index (κ2) is 6.86. The third-order valence-corrected chi connectivity index (χ3v) is 5.81. The van der Waals surface area contributed by atoms with Gasteiger partial charge in [0.25, 0.3) is 0 Å². The molecule has 0 atom stereocenters. The molecule has 6 nitrogen and oxygen atoms in total. The largest absolute Gasteiger partial charge is 0.382 e. The van der Waals surface area contributed by atoms with E-state index in [9.17, 15) is 8.42 Å². The Morgan fingerprint density at radius 2 is 2.24 bits per heavy atom. The van der Waals surface area contributed by atoms with Crippen molar-refractivity contribution in [2.45, 2.75) is 24.7 Å². The summed E-state index contributed by atoms with van der Waals surface area (Å²) in [5, 5.41) is 3.63. The van der Waals surface area contributed by atoms with Gasteiger partial charge in [-0.3, -0.25) is 4.98 Å². The molecule has 0 aromatic carbocycles. The second-order valence-electron chi connectivity index (χ2n) is 4.58. The predicted molar refractivity (Wildman–Crippen MR) is 85.3 cm³/mol. The Morgan fingerprint density at radius 3 is 2.90 bits per heavy atom. The van der Waals surface area contributed by atoms with Crippen LogP contribution in [-0.4, -0.2) is 30.1 Å². The zero-order valence-corrected chi connectivity index (χ0v) is 13.4. The van der Waals surface area contributed by atoms with Crippen LogP contribution in [0.1, 0.15) is 18.9 Å². The SMILES string of the molecule is CCCS(=O)(=O)c1c(N)nsc1NCCc1cccnc1. The lowest BCUT2D eigenvalue weighted by atomic mass is 10.2. The predicted octanol–water partition coefficient (Wildman–Crippen LogP) is 1.96. The van der Waals surface area contributed by atoms with E-state index in [1.165, 1.54) is 0 Å². The normalized spacial score (nSPS) is 11.5. The molecule has 2 aromatic rings. The minimum absolute atomic E-state index is 0.0763. The highest BCUT2D eigenvalue weighted by molar-refractivity contribution is 7.91. The molecule has 0 spiro atoms. The van der Waals surface area contributed by atoms with E-state index < -0.39 is 9.84 Å². The average Bonchev–Trinajstić information content (AvgIpc) is 2.82. The van der Waals surface area contributed by atoms with Gasteiger partial charge < -0.3 is 11.1 Å². The number of nitrogens with zero attached hydrogens (tertiary/aromatic N) is 2. The number of sulfone groups is 1. The quantitative estimate of drug-likeness (QED) is 0.807. The Morgan fingerprint density at radius 1 is 1.43 bits per heavy atom. The molecule has 2 aromatic heterocycles. The number of hydrogen-bond acceptors (Lipinski definition) is 7. The van der Waals surface area contributed by atoms with E-state index in [0.29, 0.717) is 18.0 Å². The number of nitrogen functional groups attached to an aromatic ring is 1. The molecule has 2 rings (SSSR count). The fourth-order valence-electron chi connectivity index (χ4n) is 1.94. The van der Waals surface area contributed by atoms with Crippen LogP contribution in [0.15, 0.2) is 29.4 Å². The first-order valence-electron chi connectivity index (χ1n) is 6.65. The molecule has 0 fully saturated rings. The monoisotopic (exact) mass is 326 g/mol. The van der Waals surface area contributed by atoms with E-state index in [-0.39, 0.29) is 16.5 Å². The maximum absolute atomic E-state index is 12.2. The van der Waals surface area contributed by atoms with E-state index in [4.69, 9.17) is 5.73 Å². The Kier molecular flexibility index (Phi) is 5.13. The van der Waals surface area contributed by atoms with Crippen molar-refractivity contribution >= 4 is 32.2 Å². The fourth-order valence-corrected chi connectivity index (χ4v) is 4.59. The number of pyridine rings is 1. The van der Waals surface area contributed by atoms with Gasteiger partial charge in [-0.2, -0.15) is 4.37 Å². The summed E-state index contributed by atoms with van der Waals surface area (Å²) in [5.74, 6) is 0.157. The average molecular weight is 326 g/mol. The van der Waals surface area contributed by atoms with Crippen molar-refractivity contribution in [2.75, 3.05) is 23.3 Å². The third-order valence-electron chi connectivity index (χ3n) is 2.88. The number of anilines is 2. The first-order valence-corrected chi connectivity index (χ1v) is 9.08. The van der Waals surface area contributed by atoms with Gasteiger partial charge in [0, 0.05) is 18.9 Å². The Bertz CT molecular complexity index is 683. The maximum atomic E-state index is 12.2. The van der Waals surface area contributed by atoms with Gasteiger partial charge in [0.05, 0.1) is 5.75 Å². The van der Waals surface area contributed by atoms with E-state index in [2.05, 4.69) is 14.7 Å². The zero-order chi connectivity index (χ0) is 15.3.